The zero-order chi connectivity index (χ0) is 13.8. The molecular weight excluding hydrogens is 250 g/mol. The van der Waals surface area contributed by atoms with Gasteiger partial charge < -0.3 is 10.2 Å². The zero-order valence-corrected chi connectivity index (χ0v) is 9.65. The average Bonchev–Trinajstić information content (AvgIpc) is 2.85. The number of furan rings is 1. The van der Waals surface area contributed by atoms with Gasteiger partial charge in [0.2, 0.25) is 5.91 Å². The fourth-order valence-corrected chi connectivity index (χ4v) is 1.39. The topological polar surface area (TPSA) is 112 Å². The smallest absolute Gasteiger partial charge is 0.400 e. The SMILES string of the molecule is NC(=O)c1cccc(N=Cc2ccc([N+](=O)[O-])o2)c1. The average molecular weight is 259 g/mol. The second-order valence-corrected chi connectivity index (χ2v) is 3.61. The first-order chi connectivity index (χ1) is 9.06. The maximum Gasteiger partial charge on any atom is 0.433 e. The molecule has 2 N–H and O–H groups in total. The molecule has 7 nitrogen and oxygen atoms in total. The number of aliphatic imine (C=N–C) groups is 1. The van der Waals surface area contributed by atoms with E-state index in [1.54, 1.807) is 18.2 Å². The maximum absolute atomic E-state index is 11.0. The Hall–Kier alpha value is -2.96. The first kappa shape index (κ1) is 12.5. The highest BCUT2D eigenvalue weighted by Crippen LogP contribution is 2.17. The minimum absolute atomic E-state index is 0.246. The number of benzene rings is 1. The van der Waals surface area contributed by atoms with Gasteiger partial charge >= 0.3 is 5.88 Å². The summed E-state index contributed by atoms with van der Waals surface area (Å²) < 4.78 is 4.90. The van der Waals surface area contributed by atoms with Crippen LogP contribution in [0.5, 0.6) is 0 Å². The summed E-state index contributed by atoms with van der Waals surface area (Å²) in [4.78, 5) is 24.8. The highest BCUT2D eigenvalue weighted by atomic mass is 16.6. The fraction of sp³-hybridized carbons (Fsp3) is 0. The highest BCUT2D eigenvalue weighted by molar-refractivity contribution is 5.93. The Morgan fingerprint density at radius 3 is 2.79 bits per heavy atom. The van der Waals surface area contributed by atoms with E-state index in [1.807, 2.05) is 0 Å². The van der Waals surface area contributed by atoms with Crippen molar-refractivity contribution in [2.45, 2.75) is 0 Å². The number of nitrogens with two attached hydrogens (primary N) is 1. The van der Waals surface area contributed by atoms with Crippen molar-refractivity contribution in [3.05, 3.63) is 57.8 Å². The Morgan fingerprint density at radius 1 is 1.37 bits per heavy atom. The van der Waals surface area contributed by atoms with E-state index in [0.717, 1.165) is 0 Å². The third-order valence-electron chi connectivity index (χ3n) is 2.26. The van der Waals surface area contributed by atoms with Crippen LogP contribution < -0.4 is 5.73 Å². The minimum Gasteiger partial charge on any atom is -0.400 e. The van der Waals surface area contributed by atoms with E-state index < -0.39 is 10.8 Å². The van der Waals surface area contributed by atoms with Crippen molar-refractivity contribution < 1.29 is 14.1 Å². The number of hydrogen-bond donors (Lipinski definition) is 1. The van der Waals surface area contributed by atoms with Crippen LogP contribution in [0.15, 0.2) is 45.8 Å². The first-order valence-corrected chi connectivity index (χ1v) is 5.24. The number of primary amides is 1. The Bertz CT molecular complexity index is 660. The molecule has 1 aromatic carbocycles. The minimum atomic E-state index is -0.634. The summed E-state index contributed by atoms with van der Waals surface area (Å²) in [6.45, 7) is 0. The quantitative estimate of drug-likeness (QED) is 0.514. The Kier molecular flexibility index (Phi) is 3.37. The van der Waals surface area contributed by atoms with Crippen LogP contribution in [-0.4, -0.2) is 17.0 Å². The molecule has 1 heterocycles. The molecule has 0 unspecified atom stereocenters. The summed E-state index contributed by atoms with van der Waals surface area (Å²) in [5.74, 6) is -0.658. The molecule has 0 radical (unpaired) electrons. The predicted molar refractivity (Wildman–Crippen MR) is 67.6 cm³/mol. The van der Waals surface area contributed by atoms with Crippen LogP contribution in [0, 0.1) is 10.1 Å². The second-order valence-electron chi connectivity index (χ2n) is 3.61. The van der Waals surface area contributed by atoms with Gasteiger partial charge in [0, 0.05) is 5.56 Å². The van der Waals surface area contributed by atoms with Crippen molar-refractivity contribution in [3.63, 3.8) is 0 Å². The largest absolute Gasteiger partial charge is 0.433 e. The highest BCUT2D eigenvalue weighted by Gasteiger charge is 2.10. The summed E-state index contributed by atoms with van der Waals surface area (Å²) in [6, 6.07) is 9.05. The molecule has 0 saturated heterocycles. The van der Waals surface area contributed by atoms with Crippen LogP contribution in [0.25, 0.3) is 0 Å². The maximum atomic E-state index is 11.0. The molecule has 0 aliphatic carbocycles. The molecule has 0 aliphatic heterocycles. The second kappa shape index (κ2) is 5.13. The van der Waals surface area contributed by atoms with Crippen LogP contribution in [0.1, 0.15) is 16.1 Å². The lowest BCUT2D eigenvalue weighted by molar-refractivity contribution is -0.402. The van der Waals surface area contributed by atoms with Crippen molar-refractivity contribution in [1.29, 1.82) is 0 Å². The van der Waals surface area contributed by atoms with Crippen LogP contribution in [-0.2, 0) is 0 Å². The van der Waals surface area contributed by atoms with Crippen molar-refractivity contribution in [1.82, 2.24) is 0 Å². The number of rotatable bonds is 4. The molecule has 0 spiro atoms. The van der Waals surface area contributed by atoms with E-state index in [1.165, 1.54) is 24.4 Å². The van der Waals surface area contributed by atoms with Crippen LogP contribution in [0.4, 0.5) is 11.6 Å². The van der Waals surface area contributed by atoms with Gasteiger partial charge in [0.1, 0.15) is 4.92 Å². The van der Waals surface area contributed by atoms with Gasteiger partial charge in [0.05, 0.1) is 18.0 Å². The van der Waals surface area contributed by atoms with Gasteiger partial charge in [0.15, 0.2) is 5.76 Å². The number of amides is 1. The summed E-state index contributed by atoms with van der Waals surface area (Å²) in [7, 11) is 0. The summed E-state index contributed by atoms with van der Waals surface area (Å²) in [6.07, 6.45) is 1.33. The van der Waals surface area contributed by atoms with Crippen molar-refractivity contribution in [2.75, 3.05) is 0 Å². The molecule has 0 aliphatic rings. The molecule has 7 heteroatoms. The molecule has 0 fully saturated rings. The summed E-state index contributed by atoms with van der Waals surface area (Å²) in [5, 5.41) is 10.4. The van der Waals surface area contributed by atoms with Crippen molar-refractivity contribution in [3.8, 4) is 0 Å². The molecule has 0 saturated carbocycles. The van der Waals surface area contributed by atoms with E-state index in [9.17, 15) is 14.9 Å². The van der Waals surface area contributed by atoms with E-state index in [2.05, 4.69) is 4.99 Å². The fourth-order valence-electron chi connectivity index (χ4n) is 1.39. The number of nitrogens with zero attached hydrogens (tertiary/aromatic N) is 2. The van der Waals surface area contributed by atoms with Crippen molar-refractivity contribution >= 4 is 23.7 Å². The van der Waals surface area contributed by atoms with Gasteiger partial charge in [0.25, 0.3) is 0 Å². The summed E-state index contributed by atoms with van der Waals surface area (Å²) >= 11 is 0. The van der Waals surface area contributed by atoms with Gasteiger partial charge in [-0.3, -0.25) is 19.9 Å². The number of hydrogen-bond acceptors (Lipinski definition) is 5. The molecule has 0 bridgehead atoms. The van der Waals surface area contributed by atoms with Crippen LogP contribution in [0.3, 0.4) is 0 Å². The van der Waals surface area contributed by atoms with Gasteiger partial charge in [-0.25, -0.2) is 0 Å². The van der Waals surface area contributed by atoms with Gasteiger partial charge in [-0.05, 0) is 24.3 Å². The third-order valence-corrected chi connectivity index (χ3v) is 2.26. The Balaban J connectivity index is 2.19. The lowest BCUT2D eigenvalue weighted by atomic mass is 10.2. The molecule has 96 valence electrons. The number of nitro groups is 1. The van der Waals surface area contributed by atoms with Gasteiger partial charge in [-0.15, -0.1) is 0 Å². The number of carbonyl (C=O) groups excluding carboxylic acids is 1. The van der Waals surface area contributed by atoms with Gasteiger partial charge in [-0.1, -0.05) is 6.07 Å². The lowest BCUT2D eigenvalue weighted by Crippen LogP contribution is -2.10. The molecule has 2 rings (SSSR count). The Morgan fingerprint density at radius 2 is 2.16 bits per heavy atom. The molecular formula is C12H9N3O4. The molecule has 1 amide bonds. The number of carbonyl (C=O) groups is 1. The van der Waals surface area contributed by atoms with E-state index >= 15 is 0 Å². The molecule has 0 atom stereocenters. The van der Waals surface area contributed by atoms with E-state index in [4.69, 9.17) is 10.2 Å². The predicted octanol–water partition coefficient (Wildman–Crippen LogP) is 2.04. The normalized spacial score (nSPS) is 10.7. The van der Waals surface area contributed by atoms with Crippen LogP contribution >= 0.6 is 0 Å². The Labute approximate surface area is 107 Å². The standard InChI is InChI=1S/C12H9N3O4/c13-12(16)8-2-1-3-9(6-8)14-7-10-4-5-11(19-10)15(17)18/h1-7H,(H2,13,16). The van der Waals surface area contributed by atoms with E-state index in [-0.39, 0.29) is 11.6 Å². The first-order valence-electron chi connectivity index (χ1n) is 5.24. The van der Waals surface area contributed by atoms with E-state index in [0.29, 0.717) is 11.3 Å². The molecule has 1 aromatic heterocycles. The monoisotopic (exact) mass is 259 g/mol. The van der Waals surface area contributed by atoms with Crippen molar-refractivity contribution in [2.24, 2.45) is 10.7 Å². The molecule has 2 aromatic rings. The van der Waals surface area contributed by atoms with Crippen LogP contribution in [0.2, 0.25) is 0 Å². The molecule has 19 heavy (non-hydrogen) atoms. The third kappa shape index (κ3) is 3.03. The lowest BCUT2D eigenvalue weighted by Gasteiger charge is -1.96. The summed E-state index contributed by atoms with van der Waals surface area (Å²) in [5.41, 5.74) is 5.97. The zero-order valence-electron chi connectivity index (χ0n) is 9.65. The van der Waals surface area contributed by atoms with Gasteiger partial charge in [-0.2, -0.15) is 0 Å².